The van der Waals surface area contributed by atoms with Crippen molar-refractivity contribution in [2.45, 2.75) is 33.2 Å². The molecule has 0 saturated carbocycles. The number of hydrogen-bond acceptors (Lipinski definition) is 3. The molecule has 1 fully saturated rings. The zero-order valence-electron chi connectivity index (χ0n) is 12.2. The Morgan fingerprint density at radius 2 is 2.30 bits per heavy atom. The minimum atomic E-state index is -0.200. The van der Waals surface area contributed by atoms with E-state index < -0.39 is 0 Å². The summed E-state index contributed by atoms with van der Waals surface area (Å²) in [4.78, 5) is 14.1. The highest BCUT2D eigenvalue weighted by molar-refractivity contribution is 5.72. The van der Waals surface area contributed by atoms with Gasteiger partial charge in [0.05, 0.1) is 12.5 Å². The Hall–Kier alpha value is -1.42. The monoisotopic (exact) mass is 279 g/mol. The summed E-state index contributed by atoms with van der Waals surface area (Å²) < 4.78 is 18.2. The first kappa shape index (κ1) is 15.0. The predicted molar refractivity (Wildman–Crippen MR) is 75.8 cm³/mol. The van der Waals surface area contributed by atoms with Gasteiger partial charge in [0.2, 0.25) is 0 Å². The van der Waals surface area contributed by atoms with E-state index in [-0.39, 0.29) is 17.7 Å². The summed E-state index contributed by atoms with van der Waals surface area (Å²) >= 11 is 0. The topological polar surface area (TPSA) is 29.5 Å². The number of halogens is 1. The van der Waals surface area contributed by atoms with Gasteiger partial charge in [0.1, 0.15) is 5.82 Å². The van der Waals surface area contributed by atoms with E-state index in [4.69, 9.17) is 4.74 Å². The molecule has 0 radical (unpaired) electrons. The van der Waals surface area contributed by atoms with Gasteiger partial charge in [-0.25, -0.2) is 4.39 Å². The summed E-state index contributed by atoms with van der Waals surface area (Å²) in [5.74, 6) is -0.313. The Balaban J connectivity index is 1.97. The molecule has 1 atom stereocenters. The van der Waals surface area contributed by atoms with Gasteiger partial charge in [0, 0.05) is 13.1 Å². The van der Waals surface area contributed by atoms with Crippen LogP contribution in [0.1, 0.15) is 30.9 Å². The number of carbonyl (C=O) groups excluding carboxylic acids is 1. The summed E-state index contributed by atoms with van der Waals surface area (Å²) in [7, 11) is 0. The second-order valence-electron chi connectivity index (χ2n) is 5.40. The number of aryl methyl sites for hydroxylation is 1. The smallest absolute Gasteiger partial charge is 0.310 e. The van der Waals surface area contributed by atoms with Crippen molar-refractivity contribution < 1.29 is 13.9 Å². The van der Waals surface area contributed by atoms with E-state index in [2.05, 4.69) is 4.90 Å². The van der Waals surface area contributed by atoms with Gasteiger partial charge >= 0.3 is 5.97 Å². The number of rotatable bonds is 4. The van der Waals surface area contributed by atoms with Crippen LogP contribution >= 0.6 is 0 Å². The van der Waals surface area contributed by atoms with Crippen molar-refractivity contribution in [3.63, 3.8) is 0 Å². The first-order valence-corrected chi connectivity index (χ1v) is 7.24. The Labute approximate surface area is 119 Å². The third-order valence-electron chi connectivity index (χ3n) is 3.82. The summed E-state index contributed by atoms with van der Waals surface area (Å²) in [6.45, 7) is 6.67. The summed E-state index contributed by atoms with van der Waals surface area (Å²) in [6, 6.07) is 4.88. The van der Waals surface area contributed by atoms with Crippen molar-refractivity contribution in [1.29, 1.82) is 0 Å². The van der Waals surface area contributed by atoms with Crippen molar-refractivity contribution in [3.05, 3.63) is 35.1 Å². The lowest BCUT2D eigenvalue weighted by molar-refractivity contribution is -0.150. The quantitative estimate of drug-likeness (QED) is 0.794. The highest BCUT2D eigenvalue weighted by atomic mass is 19.1. The fourth-order valence-electron chi connectivity index (χ4n) is 2.73. The molecule has 1 saturated heterocycles. The second-order valence-corrected chi connectivity index (χ2v) is 5.40. The standard InChI is InChI=1S/C16H22FNO2/c1-3-20-16(19)14-5-4-8-18(11-14)10-13-6-7-15(17)9-12(13)2/h6-7,9,14H,3-5,8,10-11H2,1-2H3. The minimum Gasteiger partial charge on any atom is -0.466 e. The number of nitrogens with zero attached hydrogens (tertiary/aromatic N) is 1. The molecule has 0 bridgehead atoms. The molecule has 1 aromatic rings. The average Bonchev–Trinajstić information content (AvgIpc) is 2.43. The number of hydrogen-bond donors (Lipinski definition) is 0. The maximum absolute atomic E-state index is 13.1. The molecule has 4 heteroatoms. The van der Waals surface area contributed by atoms with Crippen LogP contribution in [0.2, 0.25) is 0 Å². The Bertz CT molecular complexity index is 476. The van der Waals surface area contributed by atoms with Crippen LogP contribution in [0.5, 0.6) is 0 Å². The molecule has 1 aliphatic rings. The van der Waals surface area contributed by atoms with Crippen LogP contribution in [0.3, 0.4) is 0 Å². The minimum absolute atomic E-state index is 0.0237. The van der Waals surface area contributed by atoms with Crippen molar-refractivity contribution >= 4 is 5.97 Å². The molecule has 2 rings (SSSR count). The van der Waals surface area contributed by atoms with Gasteiger partial charge in [-0.1, -0.05) is 6.07 Å². The number of likely N-dealkylation sites (tertiary alicyclic amines) is 1. The number of benzene rings is 1. The first-order valence-electron chi connectivity index (χ1n) is 7.24. The molecule has 3 nitrogen and oxygen atoms in total. The van der Waals surface area contributed by atoms with Crippen LogP contribution in [0.15, 0.2) is 18.2 Å². The van der Waals surface area contributed by atoms with Crippen molar-refractivity contribution in [1.82, 2.24) is 4.90 Å². The van der Waals surface area contributed by atoms with E-state index in [1.807, 2.05) is 19.9 Å². The van der Waals surface area contributed by atoms with Gasteiger partial charge in [-0.15, -0.1) is 0 Å². The molecule has 20 heavy (non-hydrogen) atoms. The first-order chi connectivity index (χ1) is 9.60. The van der Waals surface area contributed by atoms with Crippen molar-refractivity contribution in [3.8, 4) is 0 Å². The third kappa shape index (κ3) is 3.79. The Kier molecular flexibility index (Phi) is 5.12. The van der Waals surface area contributed by atoms with Crippen molar-refractivity contribution in [2.24, 2.45) is 5.92 Å². The summed E-state index contributed by atoms with van der Waals surface area (Å²) in [6.07, 6.45) is 1.90. The lowest BCUT2D eigenvalue weighted by atomic mass is 9.97. The van der Waals surface area contributed by atoms with Crippen LogP contribution < -0.4 is 0 Å². The molecule has 1 aromatic carbocycles. The fourth-order valence-corrected chi connectivity index (χ4v) is 2.73. The molecule has 1 unspecified atom stereocenters. The van der Waals surface area contributed by atoms with Gasteiger partial charge < -0.3 is 4.74 Å². The van der Waals surface area contributed by atoms with Gasteiger partial charge in [0.15, 0.2) is 0 Å². The van der Waals surface area contributed by atoms with Gasteiger partial charge in [-0.3, -0.25) is 9.69 Å². The van der Waals surface area contributed by atoms with Crippen LogP contribution in [-0.2, 0) is 16.1 Å². The number of piperidine rings is 1. The zero-order valence-corrected chi connectivity index (χ0v) is 12.2. The van der Waals surface area contributed by atoms with E-state index in [1.54, 1.807) is 6.07 Å². The van der Waals surface area contributed by atoms with Gasteiger partial charge in [-0.2, -0.15) is 0 Å². The highest BCUT2D eigenvalue weighted by Gasteiger charge is 2.26. The number of ether oxygens (including phenoxy) is 1. The molecule has 0 spiro atoms. The molecule has 0 aromatic heterocycles. The van der Waals surface area contributed by atoms with E-state index in [9.17, 15) is 9.18 Å². The summed E-state index contributed by atoms with van der Waals surface area (Å²) in [5.41, 5.74) is 2.08. The van der Waals surface area contributed by atoms with Crippen LogP contribution in [0.4, 0.5) is 4.39 Å². The second kappa shape index (κ2) is 6.84. The maximum Gasteiger partial charge on any atom is 0.310 e. The third-order valence-corrected chi connectivity index (χ3v) is 3.82. The number of carbonyl (C=O) groups is 1. The van der Waals surface area contributed by atoms with Gasteiger partial charge in [0.25, 0.3) is 0 Å². The Morgan fingerprint density at radius 1 is 1.50 bits per heavy atom. The molecule has 1 aliphatic heterocycles. The zero-order chi connectivity index (χ0) is 14.5. The van der Waals surface area contributed by atoms with Crippen LogP contribution in [0.25, 0.3) is 0 Å². The fraction of sp³-hybridized carbons (Fsp3) is 0.562. The maximum atomic E-state index is 13.1. The molecule has 0 aliphatic carbocycles. The molecule has 1 heterocycles. The largest absolute Gasteiger partial charge is 0.466 e. The van der Waals surface area contributed by atoms with Crippen LogP contribution in [-0.4, -0.2) is 30.6 Å². The molecule has 110 valence electrons. The molecular formula is C16H22FNO2. The Morgan fingerprint density at radius 3 is 3.00 bits per heavy atom. The summed E-state index contributed by atoms with van der Waals surface area (Å²) in [5, 5.41) is 0. The lowest BCUT2D eigenvalue weighted by Gasteiger charge is -2.31. The SMILES string of the molecule is CCOC(=O)C1CCCN(Cc2ccc(F)cc2C)C1. The van der Waals surface area contributed by atoms with E-state index >= 15 is 0 Å². The van der Waals surface area contributed by atoms with E-state index in [0.717, 1.165) is 43.6 Å². The average molecular weight is 279 g/mol. The molecular weight excluding hydrogens is 257 g/mol. The molecule has 0 N–H and O–H groups in total. The van der Waals surface area contributed by atoms with E-state index in [1.165, 1.54) is 6.07 Å². The lowest BCUT2D eigenvalue weighted by Crippen LogP contribution is -2.39. The highest BCUT2D eigenvalue weighted by Crippen LogP contribution is 2.21. The number of esters is 1. The normalized spacial score (nSPS) is 19.9. The van der Waals surface area contributed by atoms with E-state index in [0.29, 0.717) is 6.61 Å². The molecule has 0 amide bonds. The van der Waals surface area contributed by atoms with Crippen molar-refractivity contribution in [2.75, 3.05) is 19.7 Å². The van der Waals surface area contributed by atoms with Crippen LogP contribution in [0, 0.1) is 18.7 Å². The van der Waals surface area contributed by atoms with Gasteiger partial charge in [-0.05, 0) is 56.5 Å². The predicted octanol–water partition coefficient (Wildman–Crippen LogP) is 2.91.